The largest absolute Gasteiger partial charge is 0.334 e. The first-order valence-corrected chi connectivity index (χ1v) is 9.00. The Bertz CT molecular complexity index is 442. The molecule has 0 spiro atoms. The zero-order valence-electron chi connectivity index (χ0n) is 11.8. The maximum atomic E-state index is 4.66. The van der Waals surface area contributed by atoms with E-state index in [1.54, 1.807) is 11.8 Å². The van der Waals surface area contributed by atoms with E-state index in [2.05, 4.69) is 54.7 Å². The highest BCUT2D eigenvalue weighted by Gasteiger charge is 2.26. The molecule has 0 bridgehead atoms. The van der Waals surface area contributed by atoms with Crippen LogP contribution < -0.4 is 5.32 Å². The summed E-state index contributed by atoms with van der Waals surface area (Å²) in [6, 6.07) is 8.42. The Morgan fingerprint density at radius 3 is 2.79 bits per heavy atom. The van der Waals surface area contributed by atoms with Gasteiger partial charge in [0.05, 0.1) is 12.2 Å². The number of rotatable bonds is 5. The number of nitrogens with one attached hydrogen (secondary N) is 1. The maximum absolute atomic E-state index is 4.66. The van der Waals surface area contributed by atoms with Gasteiger partial charge in [-0.05, 0) is 24.3 Å². The van der Waals surface area contributed by atoms with E-state index in [-0.39, 0.29) is 0 Å². The van der Waals surface area contributed by atoms with Crippen LogP contribution in [0.3, 0.4) is 0 Å². The lowest BCUT2D eigenvalue weighted by atomic mass is 9.99. The van der Waals surface area contributed by atoms with Crippen LogP contribution in [0.15, 0.2) is 34.2 Å². The van der Waals surface area contributed by atoms with E-state index in [4.69, 9.17) is 0 Å². The number of hydrogen-bond acceptors (Lipinski definition) is 4. The first-order valence-electron chi connectivity index (χ1n) is 6.89. The van der Waals surface area contributed by atoms with E-state index in [1.807, 2.05) is 11.8 Å². The fourth-order valence-electron chi connectivity index (χ4n) is 2.38. The van der Waals surface area contributed by atoms with Gasteiger partial charge in [-0.2, -0.15) is 0 Å². The molecule has 1 atom stereocenters. The molecule has 1 heterocycles. The number of para-hydroxylation sites is 1. The number of amidine groups is 1. The van der Waals surface area contributed by atoms with Gasteiger partial charge in [-0.25, -0.2) is 0 Å². The van der Waals surface area contributed by atoms with Crippen LogP contribution in [0.25, 0.3) is 0 Å². The fraction of sp³-hybridized carbons (Fsp3) is 0.533. The zero-order valence-corrected chi connectivity index (χ0v) is 13.5. The van der Waals surface area contributed by atoms with Crippen LogP contribution in [-0.2, 0) is 0 Å². The van der Waals surface area contributed by atoms with Crippen LogP contribution in [0.4, 0.5) is 5.69 Å². The van der Waals surface area contributed by atoms with Crippen molar-refractivity contribution in [3.63, 3.8) is 0 Å². The van der Waals surface area contributed by atoms with Crippen molar-refractivity contribution in [3.05, 3.63) is 24.3 Å². The fourth-order valence-corrected chi connectivity index (χ4v) is 4.27. The Morgan fingerprint density at radius 1 is 1.37 bits per heavy atom. The zero-order chi connectivity index (χ0) is 13.7. The summed E-state index contributed by atoms with van der Waals surface area (Å²) in [6.07, 6.45) is 4.61. The molecule has 104 valence electrons. The van der Waals surface area contributed by atoms with Crippen molar-refractivity contribution < 1.29 is 0 Å². The molecule has 0 aromatic heterocycles. The summed E-state index contributed by atoms with van der Waals surface area (Å²) in [4.78, 5) is 5.94. The third-order valence-electron chi connectivity index (χ3n) is 3.60. The highest BCUT2D eigenvalue weighted by molar-refractivity contribution is 8.15. The molecule has 0 aliphatic carbocycles. The summed E-state index contributed by atoms with van der Waals surface area (Å²) in [7, 11) is 0. The molecular formula is C15H22N2S2. The van der Waals surface area contributed by atoms with E-state index in [0.29, 0.717) is 5.25 Å². The highest BCUT2D eigenvalue weighted by Crippen LogP contribution is 2.33. The van der Waals surface area contributed by atoms with Gasteiger partial charge in [-0.3, -0.25) is 4.99 Å². The SMILES string of the molecule is CCC(CC)C1CN=C(Nc2ccccc2SC)S1. The van der Waals surface area contributed by atoms with Gasteiger partial charge >= 0.3 is 0 Å². The molecule has 2 rings (SSSR count). The van der Waals surface area contributed by atoms with Gasteiger partial charge in [0.15, 0.2) is 5.17 Å². The van der Waals surface area contributed by atoms with E-state index in [1.165, 1.54) is 23.4 Å². The van der Waals surface area contributed by atoms with Crippen LogP contribution in [0.5, 0.6) is 0 Å². The number of hydrogen-bond donors (Lipinski definition) is 1. The van der Waals surface area contributed by atoms with Crippen molar-refractivity contribution in [1.82, 2.24) is 0 Å². The standard InChI is InChI=1S/C15H22N2S2/c1-4-11(5-2)14-10-16-15(19-14)17-12-8-6-7-9-13(12)18-3/h6-9,11,14H,4-5,10H2,1-3H3,(H,16,17). The second-order valence-electron chi connectivity index (χ2n) is 4.70. The predicted octanol–water partition coefficient (Wildman–Crippen LogP) is 4.73. The third-order valence-corrected chi connectivity index (χ3v) is 5.69. The molecule has 0 radical (unpaired) electrons. The van der Waals surface area contributed by atoms with Crippen molar-refractivity contribution in [2.24, 2.45) is 10.9 Å². The van der Waals surface area contributed by atoms with Crippen LogP contribution in [0.1, 0.15) is 26.7 Å². The number of anilines is 1. The second-order valence-corrected chi connectivity index (χ2v) is 6.78. The number of thioether (sulfide) groups is 2. The molecule has 0 saturated heterocycles. The predicted molar refractivity (Wildman–Crippen MR) is 89.6 cm³/mol. The summed E-state index contributed by atoms with van der Waals surface area (Å²) in [5.74, 6) is 0.781. The summed E-state index contributed by atoms with van der Waals surface area (Å²) in [6.45, 7) is 5.52. The van der Waals surface area contributed by atoms with Crippen molar-refractivity contribution in [2.45, 2.75) is 36.8 Å². The Labute approximate surface area is 124 Å². The average Bonchev–Trinajstić information content (AvgIpc) is 2.89. The van der Waals surface area contributed by atoms with Crippen molar-refractivity contribution in [1.29, 1.82) is 0 Å². The highest BCUT2D eigenvalue weighted by atomic mass is 32.2. The smallest absolute Gasteiger partial charge is 0.161 e. The lowest BCUT2D eigenvalue weighted by Gasteiger charge is -2.18. The molecule has 1 aliphatic heterocycles. The average molecular weight is 294 g/mol. The van der Waals surface area contributed by atoms with Crippen molar-refractivity contribution >= 4 is 34.4 Å². The van der Waals surface area contributed by atoms with Crippen molar-refractivity contribution in [3.8, 4) is 0 Å². The lowest BCUT2D eigenvalue weighted by Crippen LogP contribution is -2.17. The van der Waals surface area contributed by atoms with Gasteiger partial charge in [0, 0.05) is 10.1 Å². The van der Waals surface area contributed by atoms with Gasteiger partial charge in [-0.15, -0.1) is 11.8 Å². The lowest BCUT2D eigenvalue weighted by molar-refractivity contribution is 0.479. The molecule has 1 aliphatic rings. The first kappa shape index (κ1) is 14.8. The topological polar surface area (TPSA) is 24.4 Å². The van der Waals surface area contributed by atoms with E-state index in [9.17, 15) is 0 Å². The molecule has 0 fully saturated rings. The quantitative estimate of drug-likeness (QED) is 0.795. The summed E-state index contributed by atoms with van der Waals surface area (Å²) in [5.41, 5.74) is 1.17. The summed E-state index contributed by atoms with van der Waals surface area (Å²) in [5, 5.41) is 5.22. The summed E-state index contributed by atoms with van der Waals surface area (Å²) >= 11 is 3.68. The minimum Gasteiger partial charge on any atom is -0.334 e. The molecule has 1 aromatic carbocycles. The normalized spacial score (nSPS) is 18.7. The summed E-state index contributed by atoms with van der Waals surface area (Å²) < 4.78 is 0. The molecule has 19 heavy (non-hydrogen) atoms. The number of aliphatic imine (C=N–C) groups is 1. The van der Waals surface area contributed by atoms with Crippen molar-refractivity contribution in [2.75, 3.05) is 18.1 Å². The number of nitrogens with zero attached hydrogens (tertiary/aromatic N) is 1. The third kappa shape index (κ3) is 3.69. The molecule has 1 aromatic rings. The van der Waals surface area contributed by atoms with Gasteiger partial charge in [0.2, 0.25) is 0 Å². The van der Waals surface area contributed by atoms with Crippen LogP contribution in [0, 0.1) is 5.92 Å². The van der Waals surface area contributed by atoms with Gasteiger partial charge in [0.1, 0.15) is 0 Å². The Hall–Kier alpha value is -0.610. The molecule has 0 amide bonds. The molecule has 4 heteroatoms. The van der Waals surface area contributed by atoms with Gasteiger partial charge in [-0.1, -0.05) is 50.6 Å². The van der Waals surface area contributed by atoms with E-state index < -0.39 is 0 Å². The monoisotopic (exact) mass is 294 g/mol. The van der Waals surface area contributed by atoms with Crippen LogP contribution >= 0.6 is 23.5 Å². The minimum atomic E-state index is 0.652. The first-order chi connectivity index (χ1) is 9.28. The van der Waals surface area contributed by atoms with Gasteiger partial charge in [0.25, 0.3) is 0 Å². The Balaban J connectivity index is 1.98. The molecular weight excluding hydrogens is 272 g/mol. The molecule has 1 unspecified atom stereocenters. The molecule has 0 saturated carbocycles. The van der Waals surface area contributed by atoms with E-state index in [0.717, 1.165) is 17.6 Å². The Kier molecular flexibility index (Phi) is 5.64. The number of benzene rings is 1. The van der Waals surface area contributed by atoms with E-state index >= 15 is 0 Å². The Morgan fingerprint density at radius 2 is 2.11 bits per heavy atom. The molecule has 2 nitrogen and oxygen atoms in total. The maximum Gasteiger partial charge on any atom is 0.161 e. The minimum absolute atomic E-state index is 0.652. The van der Waals surface area contributed by atoms with Crippen LogP contribution in [-0.4, -0.2) is 23.2 Å². The second kappa shape index (κ2) is 7.25. The molecule has 1 N–H and O–H groups in total. The van der Waals surface area contributed by atoms with Crippen LogP contribution in [0.2, 0.25) is 0 Å². The van der Waals surface area contributed by atoms with Gasteiger partial charge < -0.3 is 5.32 Å².